The summed E-state index contributed by atoms with van der Waals surface area (Å²) in [4.78, 5) is 27.7. The lowest BCUT2D eigenvalue weighted by Crippen LogP contribution is -2.20. The average Bonchev–Trinajstić information content (AvgIpc) is 2.81. The van der Waals surface area contributed by atoms with Crippen molar-refractivity contribution in [1.82, 2.24) is 9.55 Å². The first kappa shape index (κ1) is 17.7. The van der Waals surface area contributed by atoms with E-state index in [0.29, 0.717) is 18.2 Å². The van der Waals surface area contributed by atoms with Gasteiger partial charge < -0.3 is 24.5 Å². The second-order valence-electron chi connectivity index (χ2n) is 4.21. The van der Waals surface area contributed by atoms with Gasteiger partial charge in [0.15, 0.2) is 5.57 Å². The molecule has 8 heteroatoms. The number of carbonyl (C=O) groups excluding carboxylic acids is 2. The Morgan fingerprint density at radius 3 is 2.41 bits per heavy atom. The number of rotatable bonds is 8. The SMILES string of the molecule is CCOC(=O)C(=CNc1cnc(C)n1CCO)C(=O)OCC. The summed E-state index contributed by atoms with van der Waals surface area (Å²) in [6.45, 7) is 5.66. The van der Waals surface area contributed by atoms with Crippen LogP contribution < -0.4 is 5.32 Å². The fraction of sp³-hybridized carbons (Fsp3) is 0.500. The van der Waals surface area contributed by atoms with Crippen LogP contribution in [0.15, 0.2) is 18.0 Å². The number of nitrogens with zero attached hydrogens (tertiary/aromatic N) is 2. The van der Waals surface area contributed by atoms with Gasteiger partial charge >= 0.3 is 11.9 Å². The number of aliphatic hydroxyl groups excluding tert-OH is 1. The van der Waals surface area contributed by atoms with E-state index >= 15 is 0 Å². The summed E-state index contributed by atoms with van der Waals surface area (Å²) in [7, 11) is 0. The van der Waals surface area contributed by atoms with E-state index in [9.17, 15) is 9.59 Å². The lowest BCUT2D eigenvalue weighted by Gasteiger charge is -2.10. The van der Waals surface area contributed by atoms with Gasteiger partial charge in [0.05, 0.1) is 26.0 Å². The Balaban J connectivity index is 2.97. The maximum absolute atomic E-state index is 11.8. The molecule has 22 heavy (non-hydrogen) atoms. The maximum atomic E-state index is 11.8. The summed E-state index contributed by atoms with van der Waals surface area (Å²) in [5, 5.41) is 11.9. The molecule has 0 atom stereocenters. The summed E-state index contributed by atoms with van der Waals surface area (Å²) < 4.78 is 11.4. The number of ether oxygens (including phenoxy) is 2. The van der Waals surface area contributed by atoms with Crippen LogP contribution in [0, 0.1) is 6.92 Å². The van der Waals surface area contributed by atoms with Gasteiger partial charge in [-0.05, 0) is 20.8 Å². The van der Waals surface area contributed by atoms with Gasteiger partial charge in [0, 0.05) is 12.7 Å². The number of aromatic nitrogens is 2. The molecule has 0 aromatic carbocycles. The van der Waals surface area contributed by atoms with E-state index in [-0.39, 0.29) is 25.4 Å². The van der Waals surface area contributed by atoms with Crippen LogP contribution in [0.5, 0.6) is 0 Å². The third-order valence-corrected chi connectivity index (χ3v) is 2.73. The predicted octanol–water partition coefficient (Wildman–Crippen LogP) is 0.606. The van der Waals surface area contributed by atoms with Crippen molar-refractivity contribution in [1.29, 1.82) is 0 Å². The van der Waals surface area contributed by atoms with Crippen LogP contribution in [-0.4, -0.2) is 46.4 Å². The molecule has 0 bridgehead atoms. The first-order valence-corrected chi connectivity index (χ1v) is 6.99. The molecule has 0 unspecified atom stereocenters. The van der Waals surface area contributed by atoms with Crippen LogP contribution in [0.25, 0.3) is 0 Å². The number of nitrogens with one attached hydrogen (secondary N) is 1. The Labute approximate surface area is 128 Å². The Kier molecular flexibility index (Phi) is 7.11. The van der Waals surface area contributed by atoms with Crippen LogP contribution >= 0.6 is 0 Å². The zero-order chi connectivity index (χ0) is 16.5. The molecule has 122 valence electrons. The monoisotopic (exact) mass is 311 g/mol. The van der Waals surface area contributed by atoms with Crippen LogP contribution in [0.4, 0.5) is 5.82 Å². The van der Waals surface area contributed by atoms with Crippen LogP contribution in [-0.2, 0) is 25.6 Å². The molecule has 0 aliphatic carbocycles. The van der Waals surface area contributed by atoms with E-state index < -0.39 is 11.9 Å². The molecule has 0 aliphatic rings. The molecule has 8 nitrogen and oxygen atoms in total. The highest BCUT2D eigenvalue weighted by Crippen LogP contribution is 2.12. The number of hydrogen-bond donors (Lipinski definition) is 2. The van der Waals surface area contributed by atoms with Gasteiger partial charge in [0.2, 0.25) is 0 Å². The van der Waals surface area contributed by atoms with Crippen molar-refractivity contribution in [2.45, 2.75) is 27.3 Å². The molecule has 2 N–H and O–H groups in total. The maximum Gasteiger partial charge on any atom is 0.347 e. The fourth-order valence-corrected chi connectivity index (χ4v) is 1.73. The van der Waals surface area contributed by atoms with Crippen LogP contribution in [0.2, 0.25) is 0 Å². The number of imidazole rings is 1. The molecule has 0 amide bonds. The van der Waals surface area contributed by atoms with E-state index in [1.54, 1.807) is 25.3 Å². The molecule has 1 aromatic heterocycles. The highest BCUT2D eigenvalue weighted by atomic mass is 16.6. The number of esters is 2. The molecule has 0 aliphatic heterocycles. The van der Waals surface area contributed by atoms with Gasteiger partial charge in [-0.2, -0.15) is 0 Å². The second-order valence-corrected chi connectivity index (χ2v) is 4.21. The summed E-state index contributed by atoms with van der Waals surface area (Å²) in [5.41, 5.74) is -0.238. The standard InChI is InChI=1S/C14H21N3O5/c1-4-21-13(19)11(14(20)22-5-2)8-16-12-9-15-10(3)17(12)6-7-18/h8-9,16,18H,4-7H2,1-3H3. The molecule has 1 heterocycles. The number of carbonyl (C=O) groups is 2. The molecular weight excluding hydrogens is 290 g/mol. The minimum Gasteiger partial charge on any atom is -0.462 e. The van der Waals surface area contributed by atoms with Gasteiger partial charge in [0.25, 0.3) is 0 Å². The van der Waals surface area contributed by atoms with Gasteiger partial charge in [0.1, 0.15) is 11.6 Å². The van der Waals surface area contributed by atoms with E-state index in [2.05, 4.69) is 10.3 Å². The third-order valence-electron chi connectivity index (χ3n) is 2.73. The van der Waals surface area contributed by atoms with Crippen molar-refractivity contribution >= 4 is 17.8 Å². The molecule has 0 saturated carbocycles. The summed E-state index contributed by atoms with van der Waals surface area (Å²) >= 11 is 0. The molecule has 1 aromatic rings. The van der Waals surface area contributed by atoms with Gasteiger partial charge in [-0.3, -0.25) is 0 Å². The number of aryl methyl sites for hydroxylation is 1. The Hall–Kier alpha value is -2.35. The first-order valence-electron chi connectivity index (χ1n) is 6.99. The fourth-order valence-electron chi connectivity index (χ4n) is 1.73. The van der Waals surface area contributed by atoms with Crippen molar-refractivity contribution in [3.63, 3.8) is 0 Å². The normalized spacial score (nSPS) is 10.0. The predicted molar refractivity (Wildman–Crippen MR) is 79.0 cm³/mol. The summed E-state index contributed by atoms with van der Waals surface area (Å²) in [5.74, 6) is -0.298. The molecular formula is C14H21N3O5. The number of aliphatic hydroxyl groups is 1. The molecule has 1 rings (SSSR count). The van der Waals surface area contributed by atoms with Crippen LogP contribution in [0.1, 0.15) is 19.7 Å². The molecule has 0 spiro atoms. The van der Waals surface area contributed by atoms with Gasteiger partial charge in [-0.25, -0.2) is 14.6 Å². The second kappa shape index (κ2) is 8.83. The highest BCUT2D eigenvalue weighted by Gasteiger charge is 2.21. The Morgan fingerprint density at radius 2 is 1.91 bits per heavy atom. The molecule has 0 radical (unpaired) electrons. The zero-order valence-corrected chi connectivity index (χ0v) is 13.0. The Morgan fingerprint density at radius 1 is 1.32 bits per heavy atom. The van der Waals surface area contributed by atoms with E-state index in [4.69, 9.17) is 14.6 Å². The van der Waals surface area contributed by atoms with Crippen molar-refractivity contribution in [3.05, 3.63) is 23.8 Å². The third kappa shape index (κ3) is 4.59. The lowest BCUT2D eigenvalue weighted by molar-refractivity contribution is -0.146. The smallest absolute Gasteiger partial charge is 0.347 e. The highest BCUT2D eigenvalue weighted by molar-refractivity contribution is 6.14. The average molecular weight is 311 g/mol. The van der Waals surface area contributed by atoms with E-state index in [1.165, 1.54) is 12.4 Å². The van der Waals surface area contributed by atoms with Crippen molar-refractivity contribution < 1.29 is 24.2 Å². The molecule has 0 fully saturated rings. The van der Waals surface area contributed by atoms with Crippen molar-refractivity contribution in [2.75, 3.05) is 25.1 Å². The van der Waals surface area contributed by atoms with E-state index in [1.807, 2.05) is 0 Å². The zero-order valence-electron chi connectivity index (χ0n) is 13.0. The van der Waals surface area contributed by atoms with Crippen LogP contribution in [0.3, 0.4) is 0 Å². The first-order chi connectivity index (χ1) is 10.5. The summed E-state index contributed by atoms with van der Waals surface area (Å²) in [6, 6.07) is 0. The number of hydrogen-bond acceptors (Lipinski definition) is 7. The van der Waals surface area contributed by atoms with Gasteiger partial charge in [-0.1, -0.05) is 0 Å². The van der Waals surface area contributed by atoms with Gasteiger partial charge in [-0.15, -0.1) is 0 Å². The van der Waals surface area contributed by atoms with Crippen molar-refractivity contribution in [3.8, 4) is 0 Å². The largest absolute Gasteiger partial charge is 0.462 e. The minimum absolute atomic E-state index is 0.0573. The number of anilines is 1. The minimum atomic E-state index is -0.765. The Bertz CT molecular complexity index is 531. The quantitative estimate of drug-likeness (QED) is 0.314. The summed E-state index contributed by atoms with van der Waals surface area (Å²) in [6.07, 6.45) is 2.76. The van der Waals surface area contributed by atoms with Crippen molar-refractivity contribution in [2.24, 2.45) is 0 Å². The lowest BCUT2D eigenvalue weighted by atomic mass is 10.3. The van der Waals surface area contributed by atoms with E-state index in [0.717, 1.165) is 0 Å². The topological polar surface area (TPSA) is 103 Å². The molecule has 0 saturated heterocycles.